The molecular weight excluding hydrogens is 278 g/mol. The van der Waals surface area contributed by atoms with Gasteiger partial charge in [0.25, 0.3) is 11.8 Å². The van der Waals surface area contributed by atoms with E-state index < -0.39 is 0 Å². The van der Waals surface area contributed by atoms with Crippen molar-refractivity contribution in [2.24, 2.45) is 0 Å². The van der Waals surface area contributed by atoms with Gasteiger partial charge in [0.2, 0.25) is 0 Å². The zero-order valence-corrected chi connectivity index (χ0v) is 13.9. The van der Waals surface area contributed by atoms with E-state index in [2.05, 4.69) is 16.7 Å². The standard InChI is InChI=1S/C17H29N3O2/c1-13(20(2)12-16(21)19-15-8-9-15)17(22)18-11-10-14-6-4-3-5-7-14/h6,13,15H,3-5,7-12H2,1-2H3,(H,18,22)(H,19,21)/p+1/t13-/m0/s1. The van der Waals surface area contributed by atoms with E-state index in [4.69, 9.17) is 0 Å². The summed E-state index contributed by atoms with van der Waals surface area (Å²) < 4.78 is 0. The van der Waals surface area contributed by atoms with Gasteiger partial charge in [-0.3, -0.25) is 9.59 Å². The maximum atomic E-state index is 12.2. The van der Waals surface area contributed by atoms with Crippen LogP contribution >= 0.6 is 0 Å². The number of quaternary nitrogens is 1. The van der Waals surface area contributed by atoms with Crippen molar-refractivity contribution in [1.82, 2.24) is 10.6 Å². The number of likely N-dealkylation sites (N-methyl/N-ethyl adjacent to an activating group) is 1. The second kappa shape index (κ2) is 8.32. The van der Waals surface area contributed by atoms with Crippen molar-refractivity contribution in [2.75, 3.05) is 20.1 Å². The average molecular weight is 308 g/mol. The molecule has 1 fully saturated rings. The molecule has 0 aliphatic heterocycles. The number of amides is 2. The summed E-state index contributed by atoms with van der Waals surface area (Å²) >= 11 is 0. The fourth-order valence-electron chi connectivity index (χ4n) is 2.77. The smallest absolute Gasteiger partial charge is 0.278 e. The lowest BCUT2D eigenvalue weighted by molar-refractivity contribution is -0.886. The van der Waals surface area contributed by atoms with E-state index in [0.717, 1.165) is 24.2 Å². The van der Waals surface area contributed by atoms with E-state index in [1.165, 1.54) is 31.3 Å². The fraction of sp³-hybridized carbons (Fsp3) is 0.765. The topological polar surface area (TPSA) is 62.6 Å². The number of allylic oxidation sites excluding steroid dienone is 1. The van der Waals surface area contributed by atoms with Crippen LogP contribution < -0.4 is 15.5 Å². The summed E-state index contributed by atoms with van der Waals surface area (Å²) in [5.41, 5.74) is 1.48. The quantitative estimate of drug-likeness (QED) is 0.560. The van der Waals surface area contributed by atoms with Gasteiger partial charge in [-0.1, -0.05) is 11.6 Å². The van der Waals surface area contributed by atoms with E-state index in [1.54, 1.807) is 0 Å². The normalized spacial score (nSPS) is 20.7. The number of rotatable bonds is 8. The molecule has 0 saturated heterocycles. The molecule has 2 atom stereocenters. The number of nitrogens with one attached hydrogen (secondary N) is 3. The van der Waals surface area contributed by atoms with Gasteiger partial charge in [-0.05, 0) is 51.9 Å². The van der Waals surface area contributed by atoms with Crippen molar-refractivity contribution >= 4 is 11.8 Å². The highest BCUT2D eigenvalue weighted by atomic mass is 16.2. The molecular formula is C17H30N3O2+. The first-order chi connectivity index (χ1) is 10.6. The predicted molar refractivity (Wildman–Crippen MR) is 86.6 cm³/mol. The maximum Gasteiger partial charge on any atom is 0.278 e. The monoisotopic (exact) mass is 308 g/mol. The second-order valence-corrected chi connectivity index (χ2v) is 6.74. The zero-order chi connectivity index (χ0) is 15.9. The summed E-state index contributed by atoms with van der Waals surface area (Å²) in [5.74, 6) is 0.0835. The Balaban J connectivity index is 1.64. The van der Waals surface area contributed by atoms with Gasteiger partial charge >= 0.3 is 0 Å². The summed E-state index contributed by atoms with van der Waals surface area (Å²) in [6.07, 6.45) is 10.4. The molecule has 2 aliphatic rings. The van der Waals surface area contributed by atoms with Crippen LogP contribution in [0.25, 0.3) is 0 Å². The number of carbonyl (C=O) groups is 2. The van der Waals surface area contributed by atoms with Crippen molar-refractivity contribution < 1.29 is 14.5 Å². The molecule has 1 unspecified atom stereocenters. The van der Waals surface area contributed by atoms with E-state index in [-0.39, 0.29) is 17.9 Å². The first-order valence-corrected chi connectivity index (χ1v) is 8.63. The summed E-state index contributed by atoms with van der Waals surface area (Å²) in [5, 5.41) is 5.97. The molecule has 5 nitrogen and oxygen atoms in total. The molecule has 0 aromatic carbocycles. The van der Waals surface area contributed by atoms with Gasteiger partial charge in [0.1, 0.15) is 0 Å². The van der Waals surface area contributed by atoms with E-state index in [0.29, 0.717) is 19.1 Å². The van der Waals surface area contributed by atoms with Gasteiger partial charge in [0.15, 0.2) is 12.6 Å². The molecule has 2 amide bonds. The molecule has 3 N–H and O–H groups in total. The van der Waals surface area contributed by atoms with Crippen molar-refractivity contribution in [3.8, 4) is 0 Å². The summed E-state index contributed by atoms with van der Waals surface area (Å²) in [7, 11) is 1.90. The largest absolute Gasteiger partial charge is 0.351 e. The van der Waals surface area contributed by atoms with E-state index in [1.807, 2.05) is 14.0 Å². The Hall–Kier alpha value is -1.36. The third kappa shape index (κ3) is 5.79. The molecule has 0 bridgehead atoms. The highest BCUT2D eigenvalue weighted by molar-refractivity contribution is 5.81. The lowest BCUT2D eigenvalue weighted by atomic mass is 9.97. The van der Waals surface area contributed by atoms with Crippen LogP contribution in [0.5, 0.6) is 0 Å². The van der Waals surface area contributed by atoms with E-state index in [9.17, 15) is 9.59 Å². The van der Waals surface area contributed by atoms with Gasteiger partial charge in [-0.2, -0.15) is 0 Å². The van der Waals surface area contributed by atoms with Crippen molar-refractivity contribution in [1.29, 1.82) is 0 Å². The van der Waals surface area contributed by atoms with Crippen LogP contribution in [0, 0.1) is 0 Å². The van der Waals surface area contributed by atoms with Crippen LogP contribution in [-0.4, -0.2) is 44.0 Å². The highest BCUT2D eigenvalue weighted by Gasteiger charge is 2.27. The Kier molecular flexibility index (Phi) is 6.43. The molecule has 0 aromatic rings. The van der Waals surface area contributed by atoms with Crippen LogP contribution in [0.15, 0.2) is 11.6 Å². The van der Waals surface area contributed by atoms with Gasteiger partial charge in [-0.25, -0.2) is 0 Å². The molecule has 0 heterocycles. The number of hydrogen-bond donors (Lipinski definition) is 3. The molecule has 0 aromatic heterocycles. The van der Waals surface area contributed by atoms with Gasteiger partial charge < -0.3 is 15.5 Å². The Morgan fingerprint density at radius 2 is 2.14 bits per heavy atom. The molecule has 1 saturated carbocycles. The lowest BCUT2D eigenvalue weighted by Crippen LogP contribution is -3.15. The SMILES string of the molecule is C[C@@H](C(=O)NCCC1=CCCCC1)[NH+](C)CC(=O)NC1CC1. The van der Waals surface area contributed by atoms with Gasteiger partial charge in [-0.15, -0.1) is 0 Å². The van der Waals surface area contributed by atoms with Crippen LogP contribution in [0.1, 0.15) is 51.9 Å². The molecule has 0 spiro atoms. The van der Waals surface area contributed by atoms with Gasteiger partial charge in [0, 0.05) is 12.6 Å². The maximum absolute atomic E-state index is 12.2. The summed E-state index contributed by atoms with van der Waals surface area (Å²) in [6, 6.07) is 0.179. The van der Waals surface area contributed by atoms with Crippen molar-refractivity contribution in [2.45, 2.75) is 64.0 Å². The molecule has 2 aliphatic carbocycles. The molecule has 5 heteroatoms. The highest BCUT2D eigenvalue weighted by Crippen LogP contribution is 2.19. The molecule has 0 radical (unpaired) electrons. The third-order valence-corrected chi connectivity index (χ3v) is 4.64. The summed E-state index contributed by atoms with van der Waals surface area (Å²) in [4.78, 5) is 24.9. The minimum atomic E-state index is -0.203. The molecule has 22 heavy (non-hydrogen) atoms. The second-order valence-electron chi connectivity index (χ2n) is 6.74. The van der Waals surface area contributed by atoms with Crippen LogP contribution in [-0.2, 0) is 9.59 Å². The fourth-order valence-corrected chi connectivity index (χ4v) is 2.77. The minimum absolute atomic E-state index is 0.0353. The Morgan fingerprint density at radius 3 is 2.77 bits per heavy atom. The third-order valence-electron chi connectivity index (χ3n) is 4.64. The van der Waals surface area contributed by atoms with Crippen LogP contribution in [0.2, 0.25) is 0 Å². The van der Waals surface area contributed by atoms with Gasteiger partial charge in [0.05, 0.1) is 7.05 Å². The Morgan fingerprint density at radius 1 is 1.36 bits per heavy atom. The van der Waals surface area contributed by atoms with Crippen LogP contribution in [0.4, 0.5) is 0 Å². The first-order valence-electron chi connectivity index (χ1n) is 8.63. The number of hydrogen-bond acceptors (Lipinski definition) is 2. The van der Waals surface area contributed by atoms with Crippen LogP contribution in [0.3, 0.4) is 0 Å². The summed E-state index contributed by atoms with van der Waals surface area (Å²) in [6.45, 7) is 2.95. The lowest BCUT2D eigenvalue weighted by Gasteiger charge is -2.21. The first kappa shape index (κ1) is 17.0. The van der Waals surface area contributed by atoms with Crippen molar-refractivity contribution in [3.63, 3.8) is 0 Å². The minimum Gasteiger partial charge on any atom is -0.351 e. The zero-order valence-electron chi connectivity index (χ0n) is 13.9. The average Bonchev–Trinajstić information content (AvgIpc) is 3.31. The Bertz CT molecular complexity index is 430. The Labute approximate surface area is 133 Å². The number of carbonyl (C=O) groups excluding carboxylic acids is 2. The predicted octanol–water partition coefficient (Wildman–Crippen LogP) is 0.175. The van der Waals surface area contributed by atoms with Crippen molar-refractivity contribution in [3.05, 3.63) is 11.6 Å². The molecule has 2 rings (SSSR count). The van der Waals surface area contributed by atoms with E-state index >= 15 is 0 Å². The molecule has 124 valence electrons.